The van der Waals surface area contributed by atoms with Crippen molar-refractivity contribution in [2.24, 2.45) is 5.41 Å². The summed E-state index contributed by atoms with van der Waals surface area (Å²) in [7, 11) is 0. The number of amides is 2. The Labute approximate surface area is 157 Å². The van der Waals surface area contributed by atoms with E-state index in [0.717, 1.165) is 6.08 Å². The van der Waals surface area contributed by atoms with E-state index in [1.54, 1.807) is 26.0 Å². The fourth-order valence-corrected chi connectivity index (χ4v) is 2.53. The van der Waals surface area contributed by atoms with Gasteiger partial charge in [0.25, 0.3) is 5.91 Å². The zero-order chi connectivity index (χ0) is 18.8. The van der Waals surface area contributed by atoms with E-state index in [9.17, 15) is 14.4 Å². The van der Waals surface area contributed by atoms with E-state index in [2.05, 4.69) is 21.2 Å². The fraction of sp³-hybridized carbons (Fsp3) is 0.312. The molecule has 7 nitrogen and oxygen atoms in total. The van der Waals surface area contributed by atoms with Crippen LogP contribution in [0, 0.1) is 5.41 Å². The normalized spacial score (nSPS) is 16.9. The van der Waals surface area contributed by atoms with Crippen molar-refractivity contribution in [3.05, 3.63) is 39.3 Å². The van der Waals surface area contributed by atoms with Crippen LogP contribution in [-0.4, -0.2) is 34.6 Å². The zero-order valence-electron chi connectivity index (χ0n) is 13.5. The first-order chi connectivity index (χ1) is 11.6. The number of hydroxylamine groups is 2. The Bertz CT molecular complexity index is 763. The fourth-order valence-electron chi connectivity index (χ4n) is 2.08. The lowest BCUT2D eigenvalue weighted by molar-refractivity contribution is -0.165. The molecule has 2 amide bonds. The number of carbonyl (C=O) groups excluding carboxylic acids is 2. The number of carbonyl (C=O) groups is 3. The highest BCUT2D eigenvalue weighted by atomic mass is 79.9. The number of hydrogen-bond donors (Lipinski definition) is 2. The molecule has 2 N–H and O–H groups in total. The molecule has 1 aliphatic heterocycles. The number of carboxylic acid groups (broad SMARTS) is 1. The number of halogens is 2. The van der Waals surface area contributed by atoms with E-state index in [4.69, 9.17) is 21.5 Å². The molecule has 0 spiro atoms. The molecule has 0 radical (unpaired) electrons. The van der Waals surface area contributed by atoms with Crippen molar-refractivity contribution >= 4 is 51.0 Å². The van der Waals surface area contributed by atoms with Gasteiger partial charge in [0.05, 0.1) is 18.6 Å². The molecule has 0 aliphatic carbocycles. The van der Waals surface area contributed by atoms with Crippen molar-refractivity contribution in [1.29, 1.82) is 0 Å². The molecule has 0 atom stereocenters. The number of nitrogens with one attached hydrogen (secondary N) is 1. The van der Waals surface area contributed by atoms with Crippen molar-refractivity contribution in [3.8, 4) is 0 Å². The van der Waals surface area contributed by atoms with Crippen LogP contribution in [-0.2, 0) is 25.8 Å². The van der Waals surface area contributed by atoms with Crippen LogP contribution in [0.4, 0.5) is 5.69 Å². The maximum absolute atomic E-state index is 12.2. The van der Waals surface area contributed by atoms with Crippen molar-refractivity contribution in [1.82, 2.24) is 5.06 Å². The van der Waals surface area contributed by atoms with Gasteiger partial charge in [0.2, 0.25) is 5.91 Å². The molecule has 1 aromatic carbocycles. The lowest BCUT2D eigenvalue weighted by atomic mass is 9.95. The van der Waals surface area contributed by atoms with Crippen LogP contribution in [0.5, 0.6) is 0 Å². The predicted octanol–water partition coefficient (Wildman–Crippen LogP) is 2.94. The molecular formula is C16H16BrClN2O5. The summed E-state index contributed by atoms with van der Waals surface area (Å²) in [6, 6.07) is 4.78. The van der Waals surface area contributed by atoms with Crippen LogP contribution in [0.2, 0.25) is 5.02 Å². The van der Waals surface area contributed by atoms with Crippen molar-refractivity contribution < 1.29 is 24.3 Å². The van der Waals surface area contributed by atoms with Gasteiger partial charge in [0.1, 0.15) is 4.48 Å². The topological polar surface area (TPSA) is 95.9 Å². The monoisotopic (exact) mass is 430 g/mol. The van der Waals surface area contributed by atoms with E-state index in [0.29, 0.717) is 22.9 Å². The number of aliphatic carboxylic acids is 1. The Hall–Kier alpha value is -1.90. The van der Waals surface area contributed by atoms with E-state index >= 15 is 0 Å². The number of rotatable bonds is 5. The summed E-state index contributed by atoms with van der Waals surface area (Å²) in [6.07, 6.45) is 0.906. The van der Waals surface area contributed by atoms with Crippen LogP contribution < -0.4 is 5.32 Å². The third kappa shape index (κ3) is 4.81. The average molecular weight is 432 g/mol. The Kier molecular flexibility index (Phi) is 5.87. The molecule has 1 saturated heterocycles. The van der Waals surface area contributed by atoms with E-state index in [-0.39, 0.29) is 16.9 Å². The first-order valence-corrected chi connectivity index (χ1v) is 8.42. The van der Waals surface area contributed by atoms with E-state index < -0.39 is 17.3 Å². The second-order valence-electron chi connectivity index (χ2n) is 6.09. The highest BCUT2D eigenvalue weighted by molar-refractivity contribution is 9.12. The van der Waals surface area contributed by atoms with Crippen molar-refractivity contribution in [3.63, 3.8) is 0 Å². The maximum atomic E-state index is 12.2. The lowest BCUT2D eigenvalue weighted by Crippen LogP contribution is -2.30. The second-order valence-corrected chi connectivity index (χ2v) is 7.35. The molecule has 0 saturated carbocycles. The van der Waals surface area contributed by atoms with Gasteiger partial charge in [-0.25, -0.2) is 9.86 Å². The highest BCUT2D eigenvalue weighted by Gasteiger charge is 2.40. The molecule has 2 rings (SSSR count). The Morgan fingerprint density at radius 3 is 2.68 bits per heavy atom. The van der Waals surface area contributed by atoms with Gasteiger partial charge >= 0.3 is 5.97 Å². The van der Waals surface area contributed by atoms with Crippen LogP contribution in [0.3, 0.4) is 0 Å². The van der Waals surface area contributed by atoms with Gasteiger partial charge in [-0.2, -0.15) is 0 Å². The first kappa shape index (κ1) is 19.4. The molecular weight excluding hydrogens is 416 g/mol. The zero-order valence-corrected chi connectivity index (χ0v) is 15.8. The van der Waals surface area contributed by atoms with Crippen LogP contribution in [0.1, 0.15) is 19.4 Å². The second kappa shape index (κ2) is 7.55. The largest absolute Gasteiger partial charge is 0.477 e. The average Bonchev–Trinajstić information content (AvgIpc) is 2.76. The van der Waals surface area contributed by atoms with Crippen LogP contribution >= 0.6 is 27.5 Å². The minimum atomic E-state index is -1.25. The molecule has 134 valence electrons. The van der Waals surface area contributed by atoms with Gasteiger partial charge in [-0.1, -0.05) is 17.7 Å². The number of benzene rings is 1. The van der Waals surface area contributed by atoms with Gasteiger partial charge in [0.15, 0.2) is 0 Å². The predicted molar refractivity (Wildman–Crippen MR) is 95.0 cm³/mol. The van der Waals surface area contributed by atoms with Crippen molar-refractivity contribution in [2.75, 3.05) is 11.9 Å². The summed E-state index contributed by atoms with van der Waals surface area (Å²) >= 11 is 8.97. The Morgan fingerprint density at radius 1 is 1.48 bits per heavy atom. The number of anilines is 1. The van der Waals surface area contributed by atoms with Gasteiger partial charge in [0, 0.05) is 16.8 Å². The quantitative estimate of drug-likeness (QED) is 0.699. The molecule has 1 aliphatic rings. The molecule has 0 bridgehead atoms. The summed E-state index contributed by atoms with van der Waals surface area (Å²) in [6.45, 7) is 4.11. The van der Waals surface area contributed by atoms with Crippen molar-refractivity contribution in [2.45, 2.75) is 20.4 Å². The maximum Gasteiger partial charge on any atom is 0.342 e. The summed E-state index contributed by atoms with van der Waals surface area (Å²) in [4.78, 5) is 39.9. The molecule has 1 heterocycles. The molecule has 1 fully saturated rings. The van der Waals surface area contributed by atoms with Gasteiger partial charge in [-0.05, 0) is 47.5 Å². The lowest BCUT2D eigenvalue weighted by Gasteiger charge is -2.17. The third-order valence-corrected chi connectivity index (χ3v) is 4.40. The summed E-state index contributed by atoms with van der Waals surface area (Å²) in [5, 5.41) is 12.8. The van der Waals surface area contributed by atoms with Crippen LogP contribution in [0.25, 0.3) is 0 Å². The van der Waals surface area contributed by atoms with E-state index in [1.165, 1.54) is 11.1 Å². The Morgan fingerprint density at radius 2 is 2.16 bits per heavy atom. The highest BCUT2D eigenvalue weighted by Crippen LogP contribution is 2.30. The summed E-state index contributed by atoms with van der Waals surface area (Å²) in [5.74, 6) is -1.98. The summed E-state index contributed by atoms with van der Waals surface area (Å²) < 4.78 is -0.264. The number of nitrogens with zero attached hydrogens (tertiary/aromatic N) is 1. The Balaban J connectivity index is 2.06. The molecule has 0 aromatic heterocycles. The van der Waals surface area contributed by atoms with Gasteiger partial charge in [-0.15, -0.1) is 0 Å². The minimum absolute atomic E-state index is 0.121. The molecule has 25 heavy (non-hydrogen) atoms. The number of hydrogen-bond acceptors (Lipinski definition) is 4. The first-order valence-electron chi connectivity index (χ1n) is 7.25. The van der Waals surface area contributed by atoms with Gasteiger partial charge < -0.3 is 10.4 Å². The smallest absolute Gasteiger partial charge is 0.342 e. The van der Waals surface area contributed by atoms with E-state index in [1.807, 2.05) is 0 Å². The standard InChI is InChI=1S/C16H16BrClN2O5/c1-16(2)8-25-20(15(16)24)7-9-3-4-10(5-12(9)18)19-13(21)6-11(17)14(22)23/h3-6H,7-8H2,1-2H3,(H,19,21)(H,22,23). The minimum Gasteiger partial charge on any atom is -0.477 e. The molecule has 0 unspecified atom stereocenters. The van der Waals surface area contributed by atoms with Crippen LogP contribution in [0.15, 0.2) is 28.8 Å². The molecule has 1 aromatic rings. The number of carboxylic acids is 1. The summed E-state index contributed by atoms with van der Waals surface area (Å²) in [5.41, 5.74) is 0.493. The molecule has 9 heteroatoms. The third-order valence-electron chi connectivity index (χ3n) is 3.48. The SMILES string of the molecule is CC1(C)CON(Cc2ccc(NC(=O)C=C(Br)C(=O)O)cc2Cl)C1=O. The van der Waals surface area contributed by atoms with Gasteiger partial charge in [-0.3, -0.25) is 14.4 Å².